The van der Waals surface area contributed by atoms with Crippen LogP contribution in [0.5, 0.6) is 5.75 Å². The van der Waals surface area contributed by atoms with Gasteiger partial charge in [-0.1, -0.05) is 50.5 Å². The summed E-state index contributed by atoms with van der Waals surface area (Å²) in [6.07, 6.45) is 3.42. The maximum Gasteiger partial charge on any atom is 0.253 e. The molecule has 1 saturated heterocycles. The van der Waals surface area contributed by atoms with Crippen LogP contribution in [0.15, 0.2) is 54.6 Å². The van der Waals surface area contributed by atoms with Crippen LogP contribution < -0.4 is 4.74 Å². The van der Waals surface area contributed by atoms with Crippen LogP contribution in [0.4, 0.5) is 4.39 Å². The zero-order chi connectivity index (χ0) is 20.0. The smallest absolute Gasteiger partial charge is 0.253 e. The van der Waals surface area contributed by atoms with Crippen LogP contribution in [-0.4, -0.2) is 40.7 Å². The lowest BCUT2D eigenvalue weighted by Gasteiger charge is -2.44. The number of hydrogen-bond donors (Lipinski definition) is 1. The molecule has 28 heavy (non-hydrogen) atoms. The van der Waals surface area contributed by atoms with Crippen LogP contribution in [0.2, 0.25) is 0 Å². The summed E-state index contributed by atoms with van der Waals surface area (Å²) < 4.78 is 19.6. The van der Waals surface area contributed by atoms with Crippen molar-refractivity contribution in [3.05, 3.63) is 66.0 Å². The third-order valence-electron chi connectivity index (χ3n) is 5.40. The molecule has 1 amide bonds. The van der Waals surface area contributed by atoms with Gasteiger partial charge >= 0.3 is 0 Å². The fourth-order valence-corrected chi connectivity index (χ4v) is 3.72. The number of hydrogen-bond acceptors (Lipinski definition) is 3. The van der Waals surface area contributed by atoms with Crippen LogP contribution in [0.25, 0.3) is 0 Å². The monoisotopic (exact) mass is 385 g/mol. The minimum atomic E-state index is -1.03. The molecule has 2 atom stereocenters. The first kappa shape index (κ1) is 20.3. The van der Waals surface area contributed by atoms with Gasteiger partial charge in [-0.3, -0.25) is 4.79 Å². The van der Waals surface area contributed by atoms with E-state index in [1.807, 2.05) is 18.2 Å². The van der Waals surface area contributed by atoms with Crippen molar-refractivity contribution in [2.75, 3.05) is 13.1 Å². The van der Waals surface area contributed by atoms with Gasteiger partial charge in [-0.25, -0.2) is 4.39 Å². The summed E-state index contributed by atoms with van der Waals surface area (Å²) in [7, 11) is 0. The fraction of sp³-hybridized carbons (Fsp3) is 0.435. The first-order chi connectivity index (χ1) is 13.5. The van der Waals surface area contributed by atoms with Crippen molar-refractivity contribution in [2.24, 2.45) is 0 Å². The molecule has 0 saturated carbocycles. The number of nitrogens with zero attached hydrogens (tertiary/aromatic N) is 1. The van der Waals surface area contributed by atoms with Crippen molar-refractivity contribution >= 4 is 5.91 Å². The molecule has 0 radical (unpaired) electrons. The minimum absolute atomic E-state index is 0.0796. The topological polar surface area (TPSA) is 49.8 Å². The molecule has 150 valence electrons. The summed E-state index contributed by atoms with van der Waals surface area (Å²) in [6.45, 7) is 2.86. The normalized spacial score (nSPS) is 22.1. The summed E-state index contributed by atoms with van der Waals surface area (Å²) in [5.74, 6) is -0.1000. The standard InChI is InChI=1S/C23H28FNO3/c1-2-3-7-13-23(27)14-15-25(22(26)18-9-5-4-6-10-18)17-21(23)28-20-12-8-11-19(24)16-20/h4-6,8-12,16,21,27H,2-3,7,13-15,17H2,1H3/t21-,23-/m0/s1. The number of carbonyl (C=O) groups is 1. The maximum atomic E-state index is 13.6. The van der Waals surface area contributed by atoms with E-state index in [2.05, 4.69) is 6.92 Å². The molecule has 0 unspecified atom stereocenters. The molecule has 0 spiro atoms. The molecule has 0 aromatic heterocycles. The molecule has 3 rings (SSSR count). The summed E-state index contributed by atoms with van der Waals surface area (Å²) in [5.41, 5.74) is -0.418. The van der Waals surface area contributed by atoms with Gasteiger partial charge in [-0.2, -0.15) is 0 Å². The van der Waals surface area contributed by atoms with Crippen molar-refractivity contribution in [2.45, 2.75) is 50.7 Å². The van der Waals surface area contributed by atoms with E-state index in [0.717, 1.165) is 19.3 Å². The molecule has 4 nitrogen and oxygen atoms in total. The number of carbonyl (C=O) groups excluding carboxylic acids is 1. The van der Waals surface area contributed by atoms with E-state index in [1.54, 1.807) is 29.2 Å². The van der Waals surface area contributed by atoms with Gasteiger partial charge < -0.3 is 14.7 Å². The maximum absolute atomic E-state index is 13.6. The highest BCUT2D eigenvalue weighted by Crippen LogP contribution is 2.32. The molecule has 1 aliphatic heterocycles. The van der Waals surface area contributed by atoms with Crippen molar-refractivity contribution in [3.8, 4) is 5.75 Å². The number of rotatable bonds is 7. The van der Waals surface area contributed by atoms with E-state index in [-0.39, 0.29) is 18.3 Å². The fourth-order valence-electron chi connectivity index (χ4n) is 3.72. The second kappa shape index (κ2) is 9.20. The Kier molecular flexibility index (Phi) is 6.68. The first-order valence-corrected chi connectivity index (χ1v) is 10.0. The highest BCUT2D eigenvalue weighted by atomic mass is 19.1. The van der Waals surface area contributed by atoms with E-state index in [4.69, 9.17) is 4.74 Å². The van der Waals surface area contributed by atoms with Crippen LogP contribution >= 0.6 is 0 Å². The molecule has 1 fully saturated rings. The number of unbranched alkanes of at least 4 members (excludes halogenated alkanes) is 2. The van der Waals surface area contributed by atoms with E-state index in [0.29, 0.717) is 30.7 Å². The third kappa shape index (κ3) is 4.90. The molecule has 0 aliphatic carbocycles. The molecular formula is C23H28FNO3. The quantitative estimate of drug-likeness (QED) is 0.718. The number of piperidine rings is 1. The Morgan fingerprint density at radius 3 is 2.71 bits per heavy atom. The Balaban J connectivity index is 1.78. The predicted molar refractivity (Wildman–Crippen MR) is 107 cm³/mol. The molecular weight excluding hydrogens is 357 g/mol. The lowest BCUT2D eigenvalue weighted by atomic mass is 9.83. The number of likely N-dealkylation sites (tertiary alicyclic amines) is 1. The number of aliphatic hydroxyl groups is 1. The SMILES string of the molecule is CCCCC[C@]1(O)CCN(C(=O)c2ccccc2)C[C@@H]1Oc1cccc(F)c1. The van der Waals surface area contributed by atoms with Crippen LogP contribution in [-0.2, 0) is 0 Å². The first-order valence-electron chi connectivity index (χ1n) is 10.0. The summed E-state index contributed by atoms with van der Waals surface area (Å²) in [6, 6.07) is 15.0. The van der Waals surface area contributed by atoms with Gasteiger partial charge in [0.25, 0.3) is 5.91 Å². The van der Waals surface area contributed by atoms with Gasteiger partial charge in [-0.05, 0) is 37.1 Å². The highest BCUT2D eigenvalue weighted by molar-refractivity contribution is 5.94. The average molecular weight is 385 g/mol. The van der Waals surface area contributed by atoms with Gasteiger partial charge in [0, 0.05) is 18.2 Å². The van der Waals surface area contributed by atoms with Crippen molar-refractivity contribution < 1.29 is 19.0 Å². The second-order valence-electron chi connectivity index (χ2n) is 7.49. The van der Waals surface area contributed by atoms with Gasteiger partial charge in [0.15, 0.2) is 0 Å². The Hall–Kier alpha value is -2.40. The number of ether oxygens (including phenoxy) is 1. The van der Waals surface area contributed by atoms with Crippen molar-refractivity contribution in [3.63, 3.8) is 0 Å². The molecule has 2 aromatic rings. The molecule has 2 aromatic carbocycles. The molecule has 1 aliphatic rings. The third-order valence-corrected chi connectivity index (χ3v) is 5.40. The average Bonchev–Trinajstić information content (AvgIpc) is 2.70. The molecule has 1 N–H and O–H groups in total. The van der Waals surface area contributed by atoms with Crippen LogP contribution in [0.1, 0.15) is 49.4 Å². The molecule has 1 heterocycles. The predicted octanol–water partition coefficient (Wildman–Crippen LogP) is 4.43. The van der Waals surface area contributed by atoms with Crippen molar-refractivity contribution in [1.82, 2.24) is 4.90 Å². The van der Waals surface area contributed by atoms with Gasteiger partial charge in [0.2, 0.25) is 0 Å². The zero-order valence-corrected chi connectivity index (χ0v) is 16.3. The number of halogens is 1. The molecule has 5 heteroatoms. The van der Waals surface area contributed by atoms with Crippen LogP contribution in [0, 0.1) is 5.82 Å². The number of amides is 1. The lowest BCUT2D eigenvalue weighted by Crippen LogP contribution is -2.59. The summed E-state index contributed by atoms with van der Waals surface area (Å²) in [4.78, 5) is 14.6. The molecule has 0 bridgehead atoms. The van der Waals surface area contributed by atoms with E-state index in [1.165, 1.54) is 12.1 Å². The number of benzene rings is 2. The van der Waals surface area contributed by atoms with E-state index in [9.17, 15) is 14.3 Å². The van der Waals surface area contributed by atoms with Gasteiger partial charge in [0.05, 0.1) is 6.54 Å². The Bertz CT molecular complexity index is 782. The van der Waals surface area contributed by atoms with Crippen molar-refractivity contribution in [1.29, 1.82) is 0 Å². The Morgan fingerprint density at radius 1 is 1.21 bits per heavy atom. The summed E-state index contributed by atoms with van der Waals surface area (Å²) in [5, 5.41) is 11.3. The largest absolute Gasteiger partial charge is 0.485 e. The van der Waals surface area contributed by atoms with Gasteiger partial charge in [0.1, 0.15) is 23.3 Å². The van der Waals surface area contributed by atoms with E-state index >= 15 is 0 Å². The van der Waals surface area contributed by atoms with Gasteiger partial charge in [-0.15, -0.1) is 0 Å². The second-order valence-corrected chi connectivity index (χ2v) is 7.49. The zero-order valence-electron chi connectivity index (χ0n) is 16.3. The highest BCUT2D eigenvalue weighted by Gasteiger charge is 2.44. The van der Waals surface area contributed by atoms with Crippen LogP contribution in [0.3, 0.4) is 0 Å². The lowest BCUT2D eigenvalue weighted by molar-refractivity contribution is -0.106. The Morgan fingerprint density at radius 2 is 2.00 bits per heavy atom. The van der Waals surface area contributed by atoms with E-state index < -0.39 is 11.7 Å². The Labute approximate surface area is 165 Å². The minimum Gasteiger partial charge on any atom is -0.485 e. The summed E-state index contributed by atoms with van der Waals surface area (Å²) >= 11 is 0.